The second-order valence-electron chi connectivity index (χ2n) is 6.69. The molecule has 2 saturated heterocycles. The van der Waals surface area contributed by atoms with Gasteiger partial charge in [-0.3, -0.25) is 4.68 Å². The second-order valence-corrected chi connectivity index (χ2v) is 7.13. The van der Waals surface area contributed by atoms with Gasteiger partial charge in [-0.25, -0.2) is 4.79 Å². The van der Waals surface area contributed by atoms with Gasteiger partial charge in [-0.1, -0.05) is 23.7 Å². The Kier molecular flexibility index (Phi) is 4.19. The van der Waals surface area contributed by atoms with Crippen LogP contribution in [0, 0.1) is 0 Å². The van der Waals surface area contributed by atoms with Gasteiger partial charge in [-0.2, -0.15) is 5.10 Å². The number of nitrogens with one attached hydrogen (secondary N) is 1. The number of aromatic nitrogens is 2. The molecule has 2 aromatic rings. The van der Waals surface area contributed by atoms with Crippen molar-refractivity contribution in [1.82, 2.24) is 20.0 Å². The van der Waals surface area contributed by atoms with Gasteiger partial charge in [-0.15, -0.1) is 0 Å². The number of hydrogen-bond donors (Lipinski definition) is 1. The van der Waals surface area contributed by atoms with E-state index in [1.807, 2.05) is 47.4 Å². The van der Waals surface area contributed by atoms with Crippen molar-refractivity contribution in [2.45, 2.75) is 50.4 Å². The molecule has 2 amide bonds. The van der Waals surface area contributed by atoms with E-state index in [9.17, 15) is 4.79 Å². The highest BCUT2D eigenvalue weighted by Crippen LogP contribution is 2.40. The average molecular weight is 345 g/mol. The minimum Gasteiger partial charge on any atom is -0.334 e. The molecule has 1 aromatic heterocycles. The lowest BCUT2D eigenvalue weighted by Gasteiger charge is -2.39. The number of nitrogens with zero attached hydrogens (tertiary/aromatic N) is 3. The van der Waals surface area contributed by atoms with Crippen LogP contribution in [0.15, 0.2) is 42.7 Å². The van der Waals surface area contributed by atoms with E-state index in [2.05, 4.69) is 15.3 Å². The third-order valence-electron chi connectivity index (χ3n) is 5.20. The van der Waals surface area contributed by atoms with Gasteiger partial charge in [-0.05, 0) is 49.4 Å². The van der Waals surface area contributed by atoms with Gasteiger partial charge in [0, 0.05) is 36.0 Å². The van der Waals surface area contributed by atoms with Crippen molar-refractivity contribution >= 4 is 17.6 Å². The first-order chi connectivity index (χ1) is 11.7. The largest absolute Gasteiger partial charge is 0.334 e. The van der Waals surface area contributed by atoms with E-state index in [1.165, 1.54) is 0 Å². The quantitative estimate of drug-likeness (QED) is 0.924. The Morgan fingerprint density at radius 3 is 2.50 bits per heavy atom. The van der Waals surface area contributed by atoms with Gasteiger partial charge in [0.25, 0.3) is 0 Å². The lowest BCUT2D eigenvalue weighted by molar-refractivity contribution is 0.120. The predicted octanol–water partition coefficient (Wildman–Crippen LogP) is 3.61. The van der Waals surface area contributed by atoms with Crippen molar-refractivity contribution in [3.05, 3.63) is 53.3 Å². The van der Waals surface area contributed by atoms with Gasteiger partial charge < -0.3 is 10.2 Å². The van der Waals surface area contributed by atoms with Crippen LogP contribution in [0.1, 0.15) is 37.3 Å². The van der Waals surface area contributed by atoms with E-state index in [4.69, 9.17) is 11.6 Å². The topological polar surface area (TPSA) is 50.2 Å². The Bertz CT molecular complexity index is 686. The van der Waals surface area contributed by atoms with Crippen LogP contribution in [-0.4, -0.2) is 32.8 Å². The van der Waals surface area contributed by atoms with Crippen LogP contribution in [0.3, 0.4) is 0 Å². The summed E-state index contributed by atoms with van der Waals surface area (Å²) in [5.41, 5.74) is 1.06. The summed E-state index contributed by atoms with van der Waals surface area (Å²) in [4.78, 5) is 14.7. The molecule has 0 saturated carbocycles. The molecule has 24 heavy (non-hydrogen) atoms. The van der Waals surface area contributed by atoms with Crippen molar-refractivity contribution < 1.29 is 4.79 Å². The predicted molar refractivity (Wildman–Crippen MR) is 92.8 cm³/mol. The molecule has 2 aliphatic rings. The molecule has 2 atom stereocenters. The number of benzene rings is 1. The zero-order valence-electron chi connectivity index (χ0n) is 13.4. The van der Waals surface area contributed by atoms with Crippen molar-refractivity contribution in [3.8, 4) is 0 Å². The number of carbonyl (C=O) groups excluding carboxylic acids is 1. The van der Waals surface area contributed by atoms with Crippen molar-refractivity contribution in [2.75, 3.05) is 0 Å². The molecule has 2 bridgehead atoms. The van der Waals surface area contributed by atoms with Gasteiger partial charge in [0.1, 0.15) is 0 Å². The Hall–Kier alpha value is -2.01. The first kappa shape index (κ1) is 15.5. The maximum Gasteiger partial charge on any atom is 0.318 e. The summed E-state index contributed by atoms with van der Waals surface area (Å²) in [6, 6.07) is 10.7. The second kappa shape index (κ2) is 6.48. The third kappa shape index (κ3) is 3.00. The van der Waals surface area contributed by atoms with Gasteiger partial charge in [0.2, 0.25) is 0 Å². The summed E-state index contributed by atoms with van der Waals surface area (Å²) in [5.74, 6) is 0. The van der Waals surface area contributed by atoms with Crippen molar-refractivity contribution in [2.24, 2.45) is 0 Å². The van der Waals surface area contributed by atoms with E-state index in [0.717, 1.165) is 31.2 Å². The lowest BCUT2D eigenvalue weighted by atomic mass is 9.98. The highest BCUT2D eigenvalue weighted by atomic mass is 35.5. The van der Waals surface area contributed by atoms with Crippen LogP contribution in [0.5, 0.6) is 0 Å². The first-order valence-electron chi connectivity index (χ1n) is 8.50. The van der Waals surface area contributed by atoms with E-state index < -0.39 is 0 Å². The third-order valence-corrected chi connectivity index (χ3v) is 5.45. The SMILES string of the molecule is O=C(NCc1ccc(Cl)cc1)N1C2CCC1CC(n1cccn1)C2. The molecule has 6 heteroatoms. The molecule has 5 nitrogen and oxygen atoms in total. The number of carbonyl (C=O) groups is 1. The van der Waals surface area contributed by atoms with Crippen LogP contribution in [0.4, 0.5) is 4.79 Å². The number of urea groups is 1. The van der Waals surface area contributed by atoms with E-state index in [0.29, 0.717) is 29.7 Å². The summed E-state index contributed by atoms with van der Waals surface area (Å²) in [6.07, 6.45) is 8.03. The standard InChI is InChI=1S/C18H21ClN4O/c19-14-4-2-13(3-5-14)12-20-18(24)23-15-6-7-16(23)11-17(10-15)22-9-1-8-21-22/h1-5,8-9,15-17H,6-7,10-12H2,(H,20,24). The Labute approximate surface area is 146 Å². The molecule has 4 rings (SSSR count). The van der Waals surface area contributed by atoms with Gasteiger partial charge in [0.15, 0.2) is 0 Å². The van der Waals surface area contributed by atoms with Crippen LogP contribution >= 0.6 is 11.6 Å². The fourth-order valence-corrected chi connectivity index (χ4v) is 4.19. The number of amides is 2. The Balaban J connectivity index is 1.38. The Morgan fingerprint density at radius 2 is 1.88 bits per heavy atom. The van der Waals surface area contributed by atoms with Crippen LogP contribution in [0.25, 0.3) is 0 Å². The molecule has 0 spiro atoms. The summed E-state index contributed by atoms with van der Waals surface area (Å²) in [5, 5.41) is 8.15. The number of rotatable bonds is 3. The van der Waals surface area contributed by atoms with Gasteiger partial charge in [0.05, 0.1) is 6.04 Å². The smallest absolute Gasteiger partial charge is 0.318 e. The van der Waals surface area contributed by atoms with E-state index in [1.54, 1.807) is 0 Å². The zero-order valence-corrected chi connectivity index (χ0v) is 14.2. The normalized spacial score (nSPS) is 25.7. The molecule has 2 unspecified atom stereocenters. The molecule has 1 aromatic carbocycles. The fourth-order valence-electron chi connectivity index (χ4n) is 4.06. The molecular weight excluding hydrogens is 324 g/mol. The molecule has 0 radical (unpaired) electrons. The average Bonchev–Trinajstić information content (AvgIpc) is 3.21. The van der Waals surface area contributed by atoms with Crippen LogP contribution in [-0.2, 0) is 6.54 Å². The number of fused-ring (bicyclic) bond motifs is 2. The minimum atomic E-state index is 0.0522. The zero-order chi connectivity index (χ0) is 16.5. The monoisotopic (exact) mass is 344 g/mol. The highest BCUT2D eigenvalue weighted by Gasteiger charge is 2.43. The van der Waals surface area contributed by atoms with Crippen molar-refractivity contribution in [3.63, 3.8) is 0 Å². The van der Waals surface area contributed by atoms with Gasteiger partial charge >= 0.3 is 6.03 Å². The molecule has 0 aliphatic carbocycles. The fraction of sp³-hybridized carbons (Fsp3) is 0.444. The summed E-state index contributed by atoms with van der Waals surface area (Å²) in [6.45, 7) is 0.536. The molecule has 1 N–H and O–H groups in total. The van der Waals surface area contributed by atoms with E-state index >= 15 is 0 Å². The van der Waals surface area contributed by atoms with Crippen LogP contribution < -0.4 is 5.32 Å². The molecule has 2 aliphatic heterocycles. The lowest BCUT2D eigenvalue weighted by Crippen LogP contribution is -2.50. The minimum absolute atomic E-state index is 0.0522. The number of piperidine rings is 1. The number of hydrogen-bond acceptors (Lipinski definition) is 2. The first-order valence-corrected chi connectivity index (χ1v) is 8.88. The number of halogens is 1. The van der Waals surface area contributed by atoms with Crippen LogP contribution in [0.2, 0.25) is 5.02 Å². The van der Waals surface area contributed by atoms with Crippen molar-refractivity contribution in [1.29, 1.82) is 0 Å². The summed E-state index contributed by atoms with van der Waals surface area (Å²) in [7, 11) is 0. The highest BCUT2D eigenvalue weighted by molar-refractivity contribution is 6.30. The van der Waals surface area contributed by atoms with E-state index in [-0.39, 0.29) is 6.03 Å². The molecule has 126 valence electrons. The summed E-state index contributed by atoms with van der Waals surface area (Å²) >= 11 is 5.90. The molecular formula is C18H21ClN4O. The Morgan fingerprint density at radius 1 is 1.17 bits per heavy atom. The maximum absolute atomic E-state index is 12.7. The maximum atomic E-state index is 12.7. The molecule has 3 heterocycles. The molecule has 2 fully saturated rings. The summed E-state index contributed by atoms with van der Waals surface area (Å²) < 4.78 is 2.05.